The van der Waals surface area contributed by atoms with Gasteiger partial charge in [0.15, 0.2) is 11.6 Å². The molecule has 0 amide bonds. The van der Waals surface area contributed by atoms with Crippen molar-refractivity contribution >= 4 is 21.9 Å². The molecule has 2 atom stereocenters. The second-order valence-electron chi connectivity index (χ2n) is 11.8. The molecule has 0 unspecified atom stereocenters. The molecule has 10 nitrogen and oxygen atoms in total. The third-order valence-corrected chi connectivity index (χ3v) is 10.8. The van der Waals surface area contributed by atoms with Crippen LogP contribution in [-0.4, -0.2) is 60.1 Å². The van der Waals surface area contributed by atoms with E-state index in [9.17, 15) is 30.8 Å². The number of rotatable bonds is 7. The summed E-state index contributed by atoms with van der Waals surface area (Å²) in [5.74, 6) is -0.780. The van der Waals surface area contributed by atoms with Gasteiger partial charge in [-0.2, -0.15) is 27.7 Å². The minimum atomic E-state index is -4.69. The summed E-state index contributed by atoms with van der Waals surface area (Å²) in [7, 11) is -2.37. The zero-order valence-electron chi connectivity index (χ0n) is 23.9. The zero-order valence-corrected chi connectivity index (χ0v) is 24.8. The molecule has 4 aromatic rings. The minimum absolute atomic E-state index is 0.0390. The van der Waals surface area contributed by atoms with Gasteiger partial charge >= 0.3 is 6.18 Å². The van der Waals surface area contributed by atoms with Crippen molar-refractivity contribution in [3.05, 3.63) is 89.2 Å². The Labute approximate surface area is 255 Å². The molecule has 0 aliphatic heterocycles. The Morgan fingerprint density at radius 2 is 1.84 bits per heavy atom. The molecule has 0 N–H and O–H groups in total. The maximum atomic E-state index is 14.5. The van der Waals surface area contributed by atoms with Crippen molar-refractivity contribution < 1.29 is 30.8 Å². The first-order valence-electron chi connectivity index (χ1n) is 14.4. The van der Waals surface area contributed by atoms with Crippen LogP contribution >= 0.6 is 0 Å². The van der Waals surface area contributed by atoms with E-state index in [4.69, 9.17) is 0 Å². The van der Waals surface area contributed by atoms with Gasteiger partial charge in [0, 0.05) is 31.5 Å². The number of alkyl halides is 3. The van der Waals surface area contributed by atoms with E-state index >= 15 is 0 Å². The summed E-state index contributed by atoms with van der Waals surface area (Å²) in [5.41, 5.74) is -0.839. The predicted molar refractivity (Wildman–Crippen MR) is 152 cm³/mol. The van der Waals surface area contributed by atoms with Gasteiger partial charge in [-0.25, -0.2) is 22.5 Å². The number of hydrogen-bond donors (Lipinski definition) is 0. The quantitative estimate of drug-likeness (QED) is 0.211. The molecular weight excluding hydrogens is 614 g/mol. The molecule has 2 fully saturated rings. The maximum absolute atomic E-state index is 14.5. The van der Waals surface area contributed by atoms with Crippen molar-refractivity contribution in [1.82, 2.24) is 33.8 Å². The van der Waals surface area contributed by atoms with Crippen molar-refractivity contribution in [2.24, 2.45) is 12.5 Å². The molecule has 15 heteroatoms. The van der Waals surface area contributed by atoms with Crippen LogP contribution in [0.15, 0.2) is 65.7 Å². The topological polar surface area (TPSA) is 116 Å². The molecule has 7 rings (SSSR count). The Kier molecular flexibility index (Phi) is 6.82. The number of Topliss-reactive ketones (excluding diaryl/α,β-unsaturated/α-hetero) is 1. The second-order valence-corrected chi connectivity index (χ2v) is 13.6. The van der Waals surface area contributed by atoms with E-state index in [2.05, 4.69) is 20.2 Å². The lowest BCUT2D eigenvalue weighted by Crippen LogP contribution is -2.51. The van der Waals surface area contributed by atoms with Crippen molar-refractivity contribution in [2.75, 3.05) is 0 Å². The monoisotopic (exact) mass is 641 g/mol. The Hall–Kier alpha value is -4.24. The molecule has 45 heavy (non-hydrogen) atoms. The summed E-state index contributed by atoms with van der Waals surface area (Å²) >= 11 is 0. The number of sulfonamides is 1. The van der Waals surface area contributed by atoms with Crippen LogP contribution in [-0.2, 0) is 29.7 Å². The molecular formula is C30H27F4N7O3S. The first kappa shape index (κ1) is 29.5. The average molecular weight is 642 g/mol. The van der Waals surface area contributed by atoms with Crippen molar-refractivity contribution in [1.29, 1.82) is 0 Å². The zero-order chi connectivity index (χ0) is 31.7. The van der Waals surface area contributed by atoms with Crippen molar-refractivity contribution in [3.63, 3.8) is 0 Å². The van der Waals surface area contributed by atoms with E-state index in [1.54, 1.807) is 19.3 Å². The van der Waals surface area contributed by atoms with E-state index in [1.807, 2.05) is 0 Å². The number of hydrogen-bond acceptors (Lipinski definition) is 7. The third-order valence-electron chi connectivity index (χ3n) is 8.84. The number of carbonyl (C=O) groups is 1. The summed E-state index contributed by atoms with van der Waals surface area (Å²) in [6.07, 6.45) is 5.53. The number of aryl methyl sites for hydroxylation is 1. The van der Waals surface area contributed by atoms with Crippen LogP contribution in [0.25, 0.3) is 11.9 Å². The molecule has 2 saturated carbocycles. The highest BCUT2D eigenvalue weighted by molar-refractivity contribution is 7.89. The fraction of sp³-hybridized carbons (Fsp3) is 0.367. The molecule has 4 aromatic heterocycles. The van der Waals surface area contributed by atoms with Gasteiger partial charge in [0.2, 0.25) is 10.0 Å². The Morgan fingerprint density at radius 1 is 1.04 bits per heavy atom. The molecule has 234 valence electrons. The lowest BCUT2D eigenvalue weighted by Gasteiger charge is -2.46. The highest BCUT2D eigenvalue weighted by atomic mass is 32.2. The molecule has 0 spiro atoms. The average Bonchev–Trinajstić information content (AvgIpc) is 3.59. The number of nitrogens with zero attached hydrogens (tertiary/aromatic N) is 7. The van der Waals surface area contributed by atoms with Gasteiger partial charge in [0.1, 0.15) is 16.4 Å². The first-order chi connectivity index (χ1) is 21.4. The highest BCUT2D eigenvalue weighted by Gasteiger charge is 2.54. The number of halogens is 4. The Balaban J connectivity index is 1.33. The number of pyridine rings is 2. The van der Waals surface area contributed by atoms with Crippen LogP contribution in [0.4, 0.5) is 17.6 Å². The van der Waals surface area contributed by atoms with Gasteiger partial charge < -0.3 is 0 Å². The van der Waals surface area contributed by atoms with E-state index < -0.39 is 44.8 Å². The smallest absolute Gasteiger partial charge is 0.291 e. The SMILES string of the molecule is Cn1cc(S(=O)(=O)N(C2CC2)[C@H]2CCC3=Cc4c(cnn4-c4ccc(F)cn4)C[C@]3(C(=O)c3cc(C(F)(F)F)ccn3)C2)cn1. The van der Waals surface area contributed by atoms with E-state index in [0.717, 1.165) is 24.5 Å². The Bertz CT molecular complexity index is 1950. The number of allylic oxidation sites excluding steroid dienone is 1. The van der Waals surface area contributed by atoms with Crippen molar-refractivity contribution in [3.8, 4) is 5.82 Å². The molecule has 4 heterocycles. The van der Waals surface area contributed by atoms with Crippen LogP contribution in [0.2, 0.25) is 0 Å². The normalized spacial score (nSPS) is 21.7. The van der Waals surface area contributed by atoms with E-state index in [1.165, 1.54) is 38.2 Å². The largest absolute Gasteiger partial charge is 0.416 e. The summed E-state index contributed by atoms with van der Waals surface area (Å²) < 4.78 is 86.9. The van der Waals surface area contributed by atoms with E-state index in [0.29, 0.717) is 48.3 Å². The van der Waals surface area contributed by atoms with Gasteiger partial charge in [0.25, 0.3) is 0 Å². The molecule has 0 radical (unpaired) electrons. The van der Waals surface area contributed by atoms with Gasteiger partial charge in [-0.15, -0.1) is 0 Å². The summed E-state index contributed by atoms with van der Waals surface area (Å²) in [6, 6.07) is 3.42. The summed E-state index contributed by atoms with van der Waals surface area (Å²) in [4.78, 5) is 22.7. The lowest BCUT2D eigenvalue weighted by atomic mass is 9.60. The molecule has 0 saturated heterocycles. The van der Waals surface area contributed by atoms with Crippen LogP contribution in [0, 0.1) is 11.2 Å². The van der Waals surface area contributed by atoms with Crippen LogP contribution in [0.5, 0.6) is 0 Å². The highest BCUT2D eigenvalue weighted by Crippen LogP contribution is 2.52. The minimum Gasteiger partial charge on any atom is -0.291 e. The molecule has 3 aliphatic rings. The van der Waals surface area contributed by atoms with Crippen LogP contribution in [0.3, 0.4) is 0 Å². The first-order valence-corrected chi connectivity index (χ1v) is 15.8. The van der Waals surface area contributed by atoms with Crippen LogP contribution in [0.1, 0.15) is 59.4 Å². The summed E-state index contributed by atoms with van der Waals surface area (Å²) in [6.45, 7) is 0. The van der Waals surface area contributed by atoms with Gasteiger partial charge in [-0.3, -0.25) is 14.5 Å². The van der Waals surface area contributed by atoms with Crippen LogP contribution < -0.4 is 0 Å². The lowest BCUT2D eigenvalue weighted by molar-refractivity contribution is -0.137. The standard InChI is InChI=1S/C30H27F4N7O3S/c1-39-17-24(16-37-39)45(43,44)41(22-5-6-22)23-4-2-19-11-26-18(14-38-40(26)27-7-3-21(31)15-36-27)12-29(19,13-23)28(42)25-10-20(8-9-35-25)30(32,33)34/h3,7-11,14-17,22-23H,2,4-6,12-13H2,1H3/t23-,29-/m0/s1. The molecule has 0 bridgehead atoms. The Morgan fingerprint density at radius 3 is 2.51 bits per heavy atom. The second kappa shape index (κ2) is 10.4. The fourth-order valence-electron chi connectivity index (χ4n) is 6.63. The van der Waals surface area contributed by atoms with E-state index in [-0.39, 0.29) is 29.5 Å². The number of carbonyl (C=O) groups excluding carboxylic acids is 1. The van der Waals surface area contributed by atoms with Gasteiger partial charge in [-0.05, 0) is 74.4 Å². The third kappa shape index (κ3) is 5.07. The number of fused-ring (bicyclic) bond motifs is 2. The van der Waals surface area contributed by atoms with Crippen molar-refractivity contribution in [2.45, 2.75) is 61.7 Å². The van der Waals surface area contributed by atoms with Gasteiger partial charge in [0.05, 0.1) is 35.3 Å². The maximum Gasteiger partial charge on any atom is 0.416 e. The molecule has 3 aliphatic carbocycles. The summed E-state index contributed by atoms with van der Waals surface area (Å²) in [5, 5.41) is 8.47. The number of aromatic nitrogens is 6. The van der Waals surface area contributed by atoms with Gasteiger partial charge in [-0.1, -0.05) is 5.57 Å². The molecule has 0 aromatic carbocycles. The fourth-order valence-corrected chi connectivity index (χ4v) is 8.51. The predicted octanol–water partition coefficient (Wildman–Crippen LogP) is 4.77. The number of ketones is 1.